The molecule has 1 aromatic heterocycles. The SMILES string of the molecule is CC(Oc1ccc(F)cc1)C(=O)N(C)Cc1cc(Br)cs1. The second kappa shape index (κ2) is 7.04. The van der Waals surface area contributed by atoms with Gasteiger partial charge >= 0.3 is 0 Å². The Hall–Kier alpha value is -1.40. The van der Waals surface area contributed by atoms with Crippen LogP contribution in [0.25, 0.3) is 0 Å². The number of rotatable bonds is 5. The van der Waals surface area contributed by atoms with Crippen LogP contribution < -0.4 is 4.74 Å². The molecule has 3 nitrogen and oxygen atoms in total. The summed E-state index contributed by atoms with van der Waals surface area (Å²) in [6.07, 6.45) is -0.621. The predicted molar refractivity (Wildman–Crippen MR) is 85.0 cm³/mol. The van der Waals surface area contributed by atoms with E-state index >= 15 is 0 Å². The third-order valence-corrected chi connectivity index (χ3v) is 4.55. The van der Waals surface area contributed by atoms with Crippen LogP contribution in [0.3, 0.4) is 0 Å². The molecule has 0 aliphatic rings. The van der Waals surface area contributed by atoms with Crippen LogP contribution in [0.5, 0.6) is 5.75 Å². The van der Waals surface area contributed by atoms with E-state index in [0.29, 0.717) is 12.3 Å². The number of amides is 1. The van der Waals surface area contributed by atoms with Gasteiger partial charge < -0.3 is 9.64 Å². The number of hydrogen-bond acceptors (Lipinski definition) is 3. The minimum atomic E-state index is -0.621. The van der Waals surface area contributed by atoms with E-state index in [0.717, 1.165) is 9.35 Å². The van der Waals surface area contributed by atoms with E-state index in [2.05, 4.69) is 15.9 Å². The van der Waals surface area contributed by atoms with Gasteiger partial charge in [0.15, 0.2) is 6.10 Å². The lowest BCUT2D eigenvalue weighted by atomic mass is 10.3. The Morgan fingerprint density at radius 1 is 1.43 bits per heavy atom. The molecule has 0 fully saturated rings. The monoisotopic (exact) mass is 371 g/mol. The van der Waals surface area contributed by atoms with Gasteiger partial charge in [-0.1, -0.05) is 0 Å². The maximum atomic E-state index is 12.8. The Kier molecular flexibility index (Phi) is 5.36. The van der Waals surface area contributed by atoms with Crippen molar-refractivity contribution in [3.8, 4) is 5.75 Å². The van der Waals surface area contributed by atoms with E-state index in [1.54, 1.807) is 30.2 Å². The summed E-state index contributed by atoms with van der Waals surface area (Å²) >= 11 is 4.98. The molecule has 0 saturated heterocycles. The molecule has 0 aliphatic heterocycles. The highest BCUT2D eigenvalue weighted by molar-refractivity contribution is 9.10. The first kappa shape index (κ1) is 16.0. The number of likely N-dealkylation sites (N-methyl/N-ethyl adjacent to an activating group) is 1. The van der Waals surface area contributed by atoms with Gasteiger partial charge in [0.1, 0.15) is 11.6 Å². The molecule has 21 heavy (non-hydrogen) atoms. The number of carbonyl (C=O) groups excluding carboxylic acids is 1. The number of carbonyl (C=O) groups is 1. The van der Waals surface area contributed by atoms with Crippen molar-refractivity contribution < 1.29 is 13.9 Å². The highest BCUT2D eigenvalue weighted by atomic mass is 79.9. The van der Waals surface area contributed by atoms with Gasteiger partial charge in [0.2, 0.25) is 0 Å². The molecular formula is C15H15BrFNO2S. The zero-order valence-corrected chi connectivity index (χ0v) is 14.1. The number of benzene rings is 1. The molecule has 1 aromatic carbocycles. The van der Waals surface area contributed by atoms with E-state index in [1.165, 1.54) is 24.3 Å². The fourth-order valence-electron chi connectivity index (χ4n) is 1.83. The zero-order chi connectivity index (χ0) is 15.4. The predicted octanol–water partition coefficient (Wildman–Crippen LogP) is 4.08. The summed E-state index contributed by atoms with van der Waals surface area (Å²) < 4.78 is 19.4. The van der Waals surface area contributed by atoms with Crippen LogP contribution in [-0.2, 0) is 11.3 Å². The molecule has 0 N–H and O–H groups in total. The van der Waals surface area contributed by atoms with Gasteiger partial charge in [-0.15, -0.1) is 11.3 Å². The van der Waals surface area contributed by atoms with Crippen LogP contribution >= 0.6 is 27.3 Å². The summed E-state index contributed by atoms with van der Waals surface area (Å²) in [5, 5.41) is 1.98. The van der Waals surface area contributed by atoms with Gasteiger partial charge in [0.25, 0.3) is 5.91 Å². The number of hydrogen-bond donors (Lipinski definition) is 0. The first-order chi connectivity index (χ1) is 9.95. The van der Waals surface area contributed by atoms with Crippen molar-refractivity contribution >= 4 is 33.2 Å². The topological polar surface area (TPSA) is 29.5 Å². The van der Waals surface area contributed by atoms with Crippen molar-refractivity contribution in [3.63, 3.8) is 0 Å². The molecule has 2 rings (SSSR count). The van der Waals surface area contributed by atoms with Gasteiger partial charge in [-0.3, -0.25) is 4.79 Å². The van der Waals surface area contributed by atoms with E-state index in [-0.39, 0.29) is 11.7 Å². The van der Waals surface area contributed by atoms with E-state index in [1.807, 2.05) is 11.4 Å². The summed E-state index contributed by atoms with van der Waals surface area (Å²) in [6.45, 7) is 2.22. The van der Waals surface area contributed by atoms with Gasteiger partial charge in [-0.05, 0) is 53.2 Å². The van der Waals surface area contributed by atoms with E-state index in [9.17, 15) is 9.18 Å². The quantitative estimate of drug-likeness (QED) is 0.792. The highest BCUT2D eigenvalue weighted by Gasteiger charge is 2.19. The molecule has 0 saturated carbocycles. The minimum Gasteiger partial charge on any atom is -0.481 e. The van der Waals surface area contributed by atoms with Crippen LogP contribution in [0.2, 0.25) is 0 Å². The van der Waals surface area contributed by atoms with Crippen molar-refractivity contribution in [1.29, 1.82) is 0 Å². The Bertz CT molecular complexity index is 614. The van der Waals surface area contributed by atoms with Gasteiger partial charge in [-0.25, -0.2) is 4.39 Å². The van der Waals surface area contributed by atoms with Crippen LogP contribution in [0.1, 0.15) is 11.8 Å². The van der Waals surface area contributed by atoms with Crippen LogP contribution in [0, 0.1) is 5.82 Å². The lowest BCUT2D eigenvalue weighted by Crippen LogP contribution is -2.37. The van der Waals surface area contributed by atoms with Crippen molar-refractivity contribution in [2.45, 2.75) is 19.6 Å². The first-order valence-corrected chi connectivity index (χ1v) is 8.03. The largest absolute Gasteiger partial charge is 0.481 e. The molecule has 0 aliphatic carbocycles. The molecule has 1 atom stereocenters. The Morgan fingerprint density at radius 2 is 2.10 bits per heavy atom. The van der Waals surface area contributed by atoms with Crippen molar-refractivity contribution in [2.75, 3.05) is 7.05 Å². The molecule has 112 valence electrons. The minimum absolute atomic E-state index is 0.121. The molecule has 1 heterocycles. The smallest absolute Gasteiger partial charge is 0.263 e. The first-order valence-electron chi connectivity index (χ1n) is 6.36. The van der Waals surface area contributed by atoms with Gasteiger partial charge in [-0.2, -0.15) is 0 Å². The third-order valence-electron chi connectivity index (χ3n) is 2.87. The number of thiophene rings is 1. The van der Waals surface area contributed by atoms with Crippen molar-refractivity contribution in [2.24, 2.45) is 0 Å². The summed E-state index contributed by atoms with van der Waals surface area (Å²) in [6, 6.07) is 7.61. The maximum Gasteiger partial charge on any atom is 0.263 e. The molecule has 0 spiro atoms. The van der Waals surface area contributed by atoms with Crippen LogP contribution in [0.4, 0.5) is 4.39 Å². The standard InChI is InChI=1S/C15H15BrFNO2S/c1-10(20-13-5-3-12(17)4-6-13)15(19)18(2)8-14-7-11(16)9-21-14/h3-7,9-10H,8H2,1-2H3. The lowest BCUT2D eigenvalue weighted by Gasteiger charge is -2.21. The van der Waals surface area contributed by atoms with Gasteiger partial charge in [0, 0.05) is 21.8 Å². The van der Waals surface area contributed by atoms with E-state index in [4.69, 9.17) is 4.74 Å². The molecule has 1 unspecified atom stereocenters. The second-order valence-electron chi connectivity index (χ2n) is 4.64. The van der Waals surface area contributed by atoms with Crippen molar-refractivity contribution in [3.05, 3.63) is 50.9 Å². The summed E-state index contributed by atoms with van der Waals surface area (Å²) in [4.78, 5) is 15.0. The summed E-state index contributed by atoms with van der Waals surface area (Å²) in [5.74, 6) is 0.0232. The summed E-state index contributed by atoms with van der Waals surface area (Å²) in [5.41, 5.74) is 0. The summed E-state index contributed by atoms with van der Waals surface area (Å²) in [7, 11) is 1.74. The van der Waals surface area contributed by atoms with Crippen LogP contribution in [-0.4, -0.2) is 24.0 Å². The Morgan fingerprint density at radius 3 is 2.67 bits per heavy atom. The lowest BCUT2D eigenvalue weighted by molar-refractivity contribution is -0.137. The molecule has 1 amide bonds. The normalized spacial score (nSPS) is 12.0. The van der Waals surface area contributed by atoms with Gasteiger partial charge in [0.05, 0.1) is 6.54 Å². The number of halogens is 2. The third kappa shape index (κ3) is 4.54. The average molecular weight is 372 g/mol. The Labute approximate surface area is 135 Å². The molecule has 0 bridgehead atoms. The zero-order valence-electron chi connectivity index (χ0n) is 11.7. The molecular weight excluding hydrogens is 357 g/mol. The number of ether oxygens (including phenoxy) is 1. The van der Waals surface area contributed by atoms with Crippen LogP contribution in [0.15, 0.2) is 40.2 Å². The van der Waals surface area contributed by atoms with E-state index < -0.39 is 6.10 Å². The molecule has 2 aromatic rings. The molecule has 0 radical (unpaired) electrons. The van der Waals surface area contributed by atoms with Crippen molar-refractivity contribution in [1.82, 2.24) is 4.90 Å². The Balaban J connectivity index is 1.93. The molecule has 6 heteroatoms. The second-order valence-corrected chi connectivity index (χ2v) is 6.55. The fraction of sp³-hybridized carbons (Fsp3) is 0.267. The highest BCUT2D eigenvalue weighted by Crippen LogP contribution is 2.21. The average Bonchev–Trinajstić information content (AvgIpc) is 2.85. The maximum absolute atomic E-state index is 12.8. The fourth-order valence-corrected chi connectivity index (χ4v) is 3.33. The number of nitrogens with zero attached hydrogens (tertiary/aromatic N) is 1.